The largest absolute Gasteiger partial charge is 0.369 e. The third-order valence-corrected chi connectivity index (χ3v) is 8.65. The van der Waals surface area contributed by atoms with Gasteiger partial charge in [0.15, 0.2) is 5.78 Å². The van der Waals surface area contributed by atoms with Crippen LogP contribution in [0, 0.1) is 5.82 Å². The quantitative estimate of drug-likeness (QED) is 0.121. The first kappa shape index (κ1) is 29.7. The molecule has 42 heavy (non-hydrogen) atoms. The van der Waals surface area contributed by atoms with Crippen molar-refractivity contribution in [2.45, 2.75) is 51.4 Å². The molecule has 1 aliphatic rings. The van der Waals surface area contributed by atoms with E-state index < -0.39 is 0 Å². The van der Waals surface area contributed by atoms with Gasteiger partial charge in [0, 0.05) is 43.3 Å². The molecular weight excluding hydrogens is 519 g/mol. The van der Waals surface area contributed by atoms with Crippen LogP contribution in [0.25, 0.3) is 0 Å². The van der Waals surface area contributed by atoms with Crippen LogP contribution in [0.1, 0.15) is 71.1 Å². The third kappa shape index (κ3) is 8.17. The first-order valence-corrected chi connectivity index (χ1v) is 15.5. The van der Waals surface area contributed by atoms with E-state index in [2.05, 4.69) is 88.7 Å². The Labute approximate surface area is 251 Å². The number of ketones is 1. The topological polar surface area (TPSA) is 23.6 Å². The van der Waals surface area contributed by atoms with Crippen LogP contribution in [0.15, 0.2) is 103 Å². The van der Waals surface area contributed by atoms with Gasteiger partial charge in [0.25, 0.3) is 0 Å². The highest BCUT2D eigenvalue weighted by Crippen LogP contribution is 2.29. The first-order chi connectivity index (χ1) is 20.6. The van der Waals surface area contributed by atoms with Crippen LogP contribution in [0.4, 0.5) is 10.1 Å². The zero-order chi connectivity index (χ0) is 29.1. The number of anilines is 1. The highest BCUT2D eigenvalue weighted by molar-refractivity contribution is 5.96. The van der Waals surface area contributed by atoms with E-state index in [4.69, 9.17) is 0 Å². The summed E-state index contributed by atoms with van der Waals surface area (Å²) in [6.45, 7) is 6.74. The Morgan fingerprint density at radius 2 is 1.40 bits per heavy atom. The molecule has 1 saturated heterocycles. The summed E-state index contributed by atoms with van der Waals surface area (Å²) >= 11 is 0. The Bertz CT molecular complexity index is 1370. The van der Waals surface area contributed by atoms with E-state index in [1.54, 1.807) is 19.1 Å². The Hall–Kier alpha value is -3.76. The molecule has 0 bridgehead atoms. The summed E-state index contributed by atoms with van der Waals surface area (Å²) in [7, 11) is 0. The fourth-order valence-corrected chi connectivity index (χ4v) is 6.26. The van der Waals surface area contributed by atoms with Crippen molar-refractivity contribution >= 4 is 11.5 Å². The molecule has 0 N–H and O–H groups in total. The van der Waals surface area contributed by atoms with E-state index in [0.29, 0.717) is 5.92 Å². The maximum atomic E-state index is 13.4. The molecule has 0 amide bonds. The van der Waals surface area contributed by atoms with Crippen LogP contribution in [0.5, 0.6) is 0 Å². The van der Waals surface area contributed by atoms with Gasteiger partial charge in [-0.15, -0.1) is 0 Å². The van der Waals surface area contributed by atoms with Gasteiger partial charge in [0.05, 0.1) is 0 Å². The van der Waals surface area contributed by atoms with Crippen LogP contribution in [-0.4, -0.2) is 43.4 Å². The van der Waals surface area contributed by atoms with E-state index in [0.717, 1.165) is 93.6 Å². The van der Waals surface area contributed by atoms with E-state index in [1.807, 2.05) is 6.07 Å². The fourth-order valence-electron chi connectivity index (χ4n) is 6.26. The minimum atomic E-state index is -0.167. The van der Waals surface area contributed by atoms with Crippen molar-refractivity contribution in [1.29, 1.82) is 0 Å². The SMILES string of the molecule is CC(=O)c1cc(N2CCN(CCC(c3ccccc3)c3ccccc3)CC2)ccc1CCCCCc1cccc(F)c1. The second-order valence-corrected chi connectivity index (χ2v) is 11.6. The van der Waals surface area contributed by atoms with Gasteiger partial charge < -0.3 is 4.90 Å². The second-order valence-electron chi connectivity index (χ2n) is 11.6. The van der Waals surface area contributed by atoms with Gasteiger partial charge in [-0.3, -0.25) is 9.69 Å². The lowest BCUT2D eigenvalue weighted by Crippen LogP contribution is -2.46. The highest BCUT2D eigenvalue weighted by Gasteiger charge is 2.21. The number of piperazine rings is 1. The monoisotopic (exact) mass is 562 g/mol. The Morgan fingerprint density at radius 3 is 2.05 bits per heavy atom. The number of halogens is 1. The Kier molecular flexibility index (Phi) is 10.6. The van der Waals surface area contributed by atoms with Crippen LogP contribution in [0.3, 0.4) is 0 Å². The molecule has 4 heteroatoms. The van der Waals surface area contributed by atoms with E-state index in [-0.39, 0.29) is 11.6 Å². The Morgan fingerprint density at radius 1 is 0.738 bits per heavy atom. The minimum Gasteiger partial charge on any atom is -0.369 e. The molecule has 1 fully saturated rings. The number of hydrogen-bond acceptors (Lipinski definition) is 3. The van der Waals surface area contributed by atoms with Gasteiger partial charge in [-0.2, -0.15) is 0 Å². The second kappa shape index (κ2) is 14.9. The standard InChI is InChI=1S/C38H43FN2O/c1-30(42)38-29-36(21-20-34(38)18-6-2-5-12-31-13-11-19-35(39)28-31)41-26-24-40(25-27-41)23-22-37(32-14-7-3-8-15-32)33-16-9-4-10-17-33/h3-4,7-11,13-17,19-21,28-29,37H,2,5-6,12,18,22-27H2,1H3. The number of carbonyl (C=O) groups is 1. The smallest absolute Gasteiger partial charge is 0.160 e. The predicted molar refractivity (Wildman–Crippen MR) is 172 cm³/mol. The van der Waals surface area contributed by atoms with Crippen LogP contribution in [0.2, 0.25) is 0 Å². The summed E-state index contributed by atoms with van der Waals surface area (Å²) in [6.07, 6.45) is 6.00. The maximum Gasteiger partial charge on any atom is 0.160 e. The van der Waals surface area contributed by atoms with Crippen LogP contribution in [-0.2, 0) is 12.8 Å². The van der Waals surface area contributed by atoms with Crippen LogP contribution < -0.4 is 4.90 Å². The van der Waals surface area contributed by atoms with Gasteiger partial charge in [0.2, 0.25) is 0 Å². The molecule has 0 saturated carbocycles. The number of hydrogen-bond donors (Lipinski definition) is 0. The molecule has 0 unspecified atom stereocenters. The molecule has 0 spiro atoms. The average molecular weight is 563 g/mol. The molecule has 218 valence electrons. The molecule has 4 aromatic rings. The molecule has 4 aromatic carbocycles. The van der Waals surface area contributed by atoms with Crippen LogP contribution >= 0.6 is 0 Å². The van der Waals surface area contributed by atoms with Gasteiger partial charge in [0.1, 0.15) is 5.82 Å². The lowest BCUT2D eigenvalue weighted by molar-refractivity contribution is 0.101. The van der Waals surface area contributed by atoms with Gasteiger partial charge >= 0.3 is 0 Å². The lowest BCUT2D eigenvalue weighted by atomic mass is 9.88. The number of carbonyl (C=O) groups excluding carboxylic acids is 1. The molecule has 1 aliphatic heterocycles. The molecule has 5 rings (SSSR count). The van der Waals surface area contributed by atoms with E-state index >= 15 is 0 Å². The molecule has 0 aromatic heterocycles. The number of Topliss-reactive ketones (excluding diaryl/α,β-unsaturated/α-hetero) is 1. The first-order valence-electron chi connectivity index (χ1n) is 15.5. The number of benzene rings is 4. The van der Waals surface area contributed by atoms with E-state index in [9.17, 15) is 9.18 Å². The number of nitrogens with zero attached hydrogens (tertiary/aromatic N) is 2. The summed E-state index contributed by atoms with van der Waals surface area (Å²) in [5.41, 5.74) is 6.96. The van der Waals surface area contributed by atoms with Crippen molar-refractivity contribution in [3.63, 3.8) is 0 Å². The average Bonchev–Trinajstić information content (AvgIpc) is 3.02. The van der Waals surface area contributed by atoms with Gasteiger partial charge in [-0.05, 0) is 92.1 Å². The number of aryl methyl sites for hydroxylation is 2. The zero-order valence-corrected chi connectivity index (χ0v) is 24.9. The highest BCUT2D eigenvalue weighted by atomic mass is 19.1. The van der Waals surface area contributed by atoms with Crippen molar-refractivity contribution in [2.75, 3.05) is 37.6 Å². The normalized spacial score (nSPS) is 13.9. The molecular formula is C38H43FN2O. The van der Waals surface area contributed by atoms with Crippen molar-refractivity contribution < 1.29 is 9.18 Å². The summed E-state index contributed by atoms with van der Waals surface area (Å²) in [6, 6.07) is 35.1. The number of unbranched alkanes of at least 4 members (excludes halogenated alkanes) is 2. The van der Waals surface area contributed by atoms with Gasteiger partial charge in [-0.25, -0.2) is 4.39 Å². The van der Waals surface area contributed by atoms with Crippen molar-refractivity contribution in [3.8, 4) is 0 Å². The fraction of sp³-hybridized carbons (Fsp3) is 0.342. The summed E-state index contributed by atoms with van der Waals surface area (Å²) in [5, 5.41) is 0. The molecule has 3 nitrogen and oxygen atoms in total. The van der Waals surface area contributed by atoms with Crippen molar-refractivity contribution in [3.05, 3.63) is 137 Å². The predicted octanol–water partition coefficient (Wildman–Crippen LogP) is 8.33. The van der Waals surface area contributed by atoms with E-state index in [1.165, 1.54) is 17.2 Å². The minimum absolute atomic E-state index is 0.137. The number of rotatable bonds is 13. The van der Waals surface area contributed by atoms with Crippen molar-refractivity contribution in [1.82, 2.24) is 4.90 Å². The maximum absolute atomic E-state index is 13.4. The van der Waals surface area contributed by atoms with Crippen molar-refractivity contribution in [2.24, 2.45) is 0 Å². The molecule has 0 atom stereocenters. The zero-order valence-electron chi connectivity index (χ0n) is 24.9. The van der Waals surface area contributed by atoms with Gasteiger partial charge in [-0.1, -0.05) is 85.3 Å². The molecule has 0 radical (unpaired) electrons. The Balaban J connectivity index is 1.12. The summed E-state index contributed by atoms with van der Waals surface area (Å²) in [4.78, 5) is 17.6. The summed E-state index contributed by atoms with van der Waals surface area (Å²) < 4.78 is 13.4. The molecule has 0 aliphatic carbocycles. The lowest BCUT2D eigenvalue weighted by Gasteiger charge is -2.37. The molecule has 1 heterocycles. The third-order valence-electron chi connectivity index (χ3n) is 8.65. The summed E-state index contributed by atoms with van der Waals surface area (Å²) in [5.74, 6) is 0.371.